The summed E-state index contributed by atoms with van der Waals surface area (Å²) in [4.78, 5) is -0.0636. The van der Waals surface area contributed by atoms with Crippen molar-refractivity contribution >= 4 is 28.4 Å². The van der Waals surface area contributed by atoms with E-state index >= 15 is 0 Å². The van der Waals surface area contributed by atoms with Crippen LogP contribution in [0.25, 0.3) is 6.08 Å². The Morgan fingerprint density at radius 1 is 1.12 bits per heavy atom. The van der Waals surface area contributed by atoms with Gasteiger partial charge in [-0.15, -0.1) is 5.46 Å². The number of hydrogen-bond acceptors (Lipinski definition) is 2. The Kier molecular flexibility index (Phi) is 4.14. The molecule has 1 heterocycles. The van der Waals surface area contributed by atoms with E-state index in [0.717, 1.165) is 23.6 Å². The van der Waals surface area contributed by atoms with Crippen LogP contribution in [-0.2, 0) is 9.84 Å². The van der Waals surface area contributed by atoms with Crippen LogP contribution in [-0.4, -0.2) is 15.4 Å². The zero-order valence-corrected chi connectivity index (χ0v) is 12.3. The quantitative estimate of drug-likeness (QED) is 0.583. The van der Waals surface area contributed by atoms with Gasteiger partial charge in [0.1, 0.15) is 0 Å². The van der Waals surface area contributed by atoms with E-state index in [2.05, 4.69) is 0 Å². The molecule has 0 spiro atoms. The second kappa shape index (κ2) is 4.58. The molecule has 0 amide bonds. The van der Waals surface area contributed by atoms with Crippen molar-refractivity contribution in [1.29, 1.82) is 0 Å². The average Bonchev–Trinajstić information content (AvgIpc) is 2.41. The molecule has 1 aromatic rings. The Hall–Kier alpha value is 0.401. The Morgan fingerprint density at radius 2 is 1.75 bits per heavy atom. The van der Waals surface area contributed by atoms with Crippen LogP contribution in [0.2, 0.25) is 0 Å². The van der Waals surface area contributed by atoms with Gasteiger partial charge in [0.2, 0.25) is 0 Å². The molecule has 0 saturated heterocycles. The number of hydrogen-bond donors (Lipinski definition) is 0. The van der Waals surface area contributed by atoms with Crippen LogP contribution < -0.4 is 56.8 Å². The van der Waals surface area contributed by atoms with Gasteiger partial charge in [0, 0.05) is 5.41 Å². The Bertz CT molecular complexity index is 551. The smallest absolute Gasteiger partial charge is 0.445 e. The summed E-state index contributed by atoms with van der Waals surface area (Å²) in [6.45, 7) is -5.08. The topological polar surface area (TPSA) is 34.1 Å². The third kappa shape index (κ3) is 2.62. The predicted octanol–water partition coefficient (Wildman–Crippen LogP) is -1.50. The molecule has 1 aromatic carbocycles. The van der Waals surface area contributed by atoms with Crippen molar-refractivity contribution in [2.24, 2.45) is 0 Å². The van der Waals surface area contributed by atoms with Gasteiger partial charge in [-0.1, -0.05) is 12.1 Å². The van der Waals surface area contributed by atoms with Crippen LogP contribution in [0.3, 0.4) is 0 Å². The maximum absolute atomic E-state index is 12.3. The summed E-state index contributed by atoms with van der Waals surface area (Å²) in [7, 11) is -3.51. The molecule has 0 N–H and O–H groups in total. The first-order valence-electron chi connectivity index (χ1n) is 4.08. The molecule has 16 heavy (non-hydrogen) atoms. The maximum atomic E-state index is 12.3. The molecule has 0 radical (unpaired) electrons. The van der Waals surface area contributed by atoms with Crippen molar-refractivity contribution in [3.63, 3.8) is 0 Å². The van der Waals surface area contributed by atoms with Gasteiger partial charge in [-0.05, 0) is 17.7 Å². The first-order chi connectivity index (χ1) is 6.81. The van der Waals surface area contributed by atoms with Gasteiger partial charge in [0.05, 0.1) is 4.90 Å². The molecule has 2 rings (SSSR count). The van der Waals surface area contributed by atoms with Gasteiger partial charge in [-0.2, -0.15) is 0 Å². The summed E-state index contributed by atoms with van der Waals surface area (Å²) in [5, 5.41) is 0.908. The summed E-state index contributed by atoms with van der Waals surface area (Å²) in [5.41, 5.74) is -0.679. The van der Waals surface area contributed by atoms with Crippen molar-refractivity contribution in [3.05, 3.63) is 29.2 Å². The molecule has 0 aliphatic carbocycles. The van der Waals surface area contributed by atoms with E-state index in [1.807, 2.05) is 0 Å². The minimum atomic E-state index is -5.08. The minimum absolute atomic E-state index is 0. The van der Waals surface area contributed by atoms with E-state index in [9.17, 15) is 21.4 Å². The SMILES string of the molecule is O=S1(=O)C=Cc2cc([B-](F)(F)F)ccc21.[K+]. The van der Waals surface area contributed by atoms with E-state index < -0.39 is 22.3 Å². The van der Waals surface area contributed by atoms with Gasteiger partial charge in [0.25, 0.3) is 0 Å². The first-order valence-corrected chi connectivity index (χ1v) is 5.62. The zero-order chi connectivity index (χ0) is 11.3. The summed E-state index contributed by atoms with van der Waals surface area (Å²) in [5.74, 6) is 0. The molecule has 0 saturated carbocycles. The summed E-state index contributed by atoms with van der Waals surface area (Å²) < 4.78 is 59.5. The molecular formula is C8H5BF3KO2S. The molecule has 8 heteroatoms. The Morgan fingerprint density at radius 3 is 2.31 bits per heavy atom. The van der Waals surface area contributed by atoms with E-state index in [4.69, 9.17) is 0 Å². The third-order valence-electron chi connectivity index (χ3n) is 2.15. The zero-order valence-electron chi connectivity index (χ0n) is 8.32. The fourth-order valence-electron chi connectivity index (χ4n) is 1.40. The standard InChI is InChI=1S/C8H5BF3O2S.K/c10-9(11,12)7-1-2-8-6(5-7)3-4-15(8,13)14;/h1-5H;/q-1;+1. The number of sulfone groups is 1. The number of benzene rings is 1. The summed E-state index contributed by atoms with van der Waals surface area (Å²) in [6, 6.07) is 2.65. The number of halogens is 3. The number of rotatable bonds is 1. The third-order valence-corrected chi connectivity index (χ3v) is 3.62. The second-order valence-corrected chi connectivity index (χ2v) is 5.02. The van der Waals surface area contributed by atoms with Crippen LogP contribution in [0.4, 0.5) is 12.9 Å². The average molecular weight is 272 g/mol. The van der Waals surface area contributed by atoms with E-state index in [-0.39, 0.29) is 61.8 Å². The molecule has 0 bridgehead atoms. The molecule has 1 aliphatic heterocycles. The maximum Gasteiger partial charge on any atom is 1.00 e. The van der Waals surface area contributed by atoms with Crippen LogP contribution in [0.15, 0.2) is 28.5 Å². The Balaban J connectivity index is 0.00000128. The molecule has 0 aromatic heterocycles. The van der Waals surface area contributed by atoms with Crippen molar-refractivity contribution < 1.29 is 72.7 Å². The molecule has 0 fully saturated rings. The van der Waals surface area contributed by atoms with Crippen molar-refractivity contribution in [1.82, 2.24) is 0 Å². The van der Waals surface area contributed by atoms with E-state index in [1.54, 1.807) is 0 Å². The van der Waals surface area contributed by atoms with Gasteiger partial charge in [-0.3, -0.25) is 0 Å². The van der Waals surface area contributed by atoms with E-state index in [0.29, 0.717) is 0 Å². The molecule has 0 atom stereocenters. The largest absolute Gasteiger partial charge is 1.00 e. The molecule has 2 nitrogen and oxygen atoms in total. The van der Waals surface area contributed by atoms with Gasteiger partial charge < -0.3 is 12.9 Å². The monoisotopic (exact) mass is 272 g/mol. The molecule has 0 unspecified atom stereocenters. The van der Waals surface area contributed by atoms with Gasteiger partial charge >= 0.3 is 58.4 Å². The summed E-state index contributed by atoms with van der Waals surface area (Å²) >= 11 is 0. The molecular weight excluding hydrogens is 267 g/mol. The normalized spacial score (nSPS) is 16.7. The van der Waals surface area contributed by atoms with Crippen LogP contribution in [0.5, 0.6) is 0 Å². The fourth-order valence-corrected chi connectivity index (χ4v) is 2.58. The Labute approximate surface area is 133 Å². The fraction of sp³-hybridized carbons (Fsp3) is 0. The van der Waals surface area contributed by atoms with Crippen molar-refractivity contribution in [2.45, 2.75) is 4.90 Å². The first kappa shape index (κ1) is 14.5. The van der Waals surface area contributed by atoms with Gasteiger partial charge in [-0.25, -0.2) is 8.42 Å². The second-order valence-electron chi connectivity index (χ2n) is 3.22. The predicted molar refractivity (Wildman–Crippen MR) is 51.4 cm³/mol. The van der Waals surface area contributed by atoms with Gasteiger partial charge in [0.15, 0.2) is 9.84 Å². The molecule has 1 aliphatic rings. The van der Waals surface area contributed by atoms with Crippen molar-refractivity contribution in [3.8, 4) is 0 Å². The van der Waals surface area contributed by atoms with Crippen LogP contribution in [0.1, 0.15) is 5.56 Å². The summed E-state index contributed by atoms with van der Waals surface area (Å²) in [6.07, 6.45) is 1.18. The van der Waals surface area contributed by atoms with E-state index in [1.165, 1.54) is 6.08 Å². The molecule has 80 valence electrons. The van der Waals surface area contributed by atoms with Crippen LogP contribution >= 0.6 is 0 Å². The number of fused-ring (bicyclic) bond motifs is 1. The minimum Gasteiger partial charge on any atom is -0.445 e. The van der Waals surface area contributed by atoms with Crippen LogP contribution in [0, 0.1) is 0 Å². The van der Waals surface area contributed by atoms with Crippen molar-refractivity contribution in [2.75, 3.05) is 0 Å².